The number of esters is 2. The summed E-state index contributed by atoms with van der Waals surface area (Å²) in [6, 6.07) is 0. The van der Waals surface area contributed by atoms with E-state index in [9.17, 15) is 19.2 Å². The van der Waals surface area contributed by atoms with Gasteiger partial charge in [-0.2, -0.15) is 0 Å². The number of carbonyl (C=O) groups is 4. The van der Waals surface area contributed by atoms with Crippen LogP contribution in [0.2, 0.25) is 0 Å². The van der Waals surface area contributed by atoms with E-state index < -0.39 is 24.5 Å². The molecule has 1 aromatic rings. The third-order valence-electron chi connectivity index (χ3n) is 2.61. The van der Waals surface area contributed by atoms with Gasteiger partial charge in [0.15, 0.2) is 12.4 Å². The van der Waals surface area contributed by atoms with Crippen molar-refractivity contribution in [1.29, 1.82) is 0 Å². The van der Waals surface area contributed by atoms with E-state index in [-0.39, 0.29) is 23.0 Å². The Morgan fingerprint density at radius 3 is 2.27 bits per heavy atom. The van der Waals surface area contributed by atoms with E-state index in [1.807, 2.05) is 0 Å². The molecule has 0 unspecified atom stereocenters. The van der Waals surface area contributed by atoms with Crippen molar-refractivity contribution in [1.82, 2.24) is 0 Å². The van der Waals surface area contributed by atoms with Crippen LogP contribution in [0, 0.1) is 6.92 Å². The standard InChI is InChI=1S/C14H17NO6S/c1-5-20-14(19)11-7(2)12(8(3)16)22-13(11)15-10(18)6-21-9(4)17/h5-6H2,1-4H3,(H,15,18). The smallest absolute Gasteiger partial charge is 0.341 e. The van der Waals surface area contributed by atoms with Gasteiger partial charge in [-0.25, -0.2) is 4.79 Å². The quantitative estimate of drug-likeness (QED) is 0.633. The summed E-state index contributed by atoms with van der Waals surface area (Å²) in [5.74, 6) is -2.02. The maximum Gasteiger partial charge on any atom is 0.341 e. The second kappa shape index (κ2) is 7.69. The molecule has 0 spiro atoms. The normalized spacial score (nSPS) is 10.0. The molecule has 120 valence electrons. The molecule has 0 fully saturated rings. The fourth-order valence-electron chi connectivity index (χ4n) is 1.72. The summed E-state index contributed by atoms with van der Waals surface area (Å²) in [6.45, 7) is 5.53. The Hall–Kier alpha value is -2.22. The van der Waals surface area contributed by atoms with Crippen molar-refractivity contribution < 1.29 is 28.7 Å². The van der Waals surface area contributed by atoms with Gasteiger partial charge < -0.3 is 14.8 Å². The lowest BCUT2D eigenvalue weighted by Gasteiger charge is -2.07. The van der Waals surface area contributed by atoms with Gasteiger partial charge >= 0.3 is 11.9 Å². The summed E-state index contributed by atoms with van der Waals surface area (Å²) in [5.41, 5.74) is 0.604. The number of amides is 1. The fourth-order valence-corrected chi connectivity index (χ4v) is 2.82. The number of carbonyl (C=O) groups excluding carboxylic acids is 4. The van der Waals surface area contributed by atoms with E-state index in [4.69, 9.17) is 4.74 Å². The maximum atomic E-state index is 12.0. The van der Waals surface area contributed by atoms with Gasteiger partial charge in [-0.15, -0.1) is 11.3 Å². The van der Waals surface area contributed by atoms with Crippen LogP contribution in [0.25, 0.3) is 0 Å². The van der Waals surface area contributed by atoms with Crippen molar-refractivity contribution in [3.8, 4) is 0 Å². The van der Waals surface area contributed by atoms with Crippen LogP contribution in [0.3, 0.4) is 0 Å². The van der Waals surface area contributed by atoms with Gasteiger partial charge in [0.1, 0.15) is 5.00 Å². The van der Waals surface area contributed by atoms with Crippen molar-refractivity contribution in [2.24, 2.45) is 0 Å². The molecule has 22 heavy (non-hydrogen) atoms. The first-order valence-corrected chi connectivity index (χ1v) is 7.34. The van der Waals surface area contributed by atoms with E-state index in [0.717, 1.165) is 11.3 Å². The zero-order valence-corrected chi connectivity index (χ0v) is 13.6. The van der Waals surface area contributed by atoms with Crippen molar-refractivity contribution >= 4 is 40.0 Å². The van der Waals surface area contributed by atoms with Crippen molar-refractivity contribution in [2.75, 3.05) is 18.5 Å². The molecule has 0 aliphatic rings. The molecule has 0 atom stereocenters. The second-order valence-electron chi connectivity index (χ2n) is 4.37. The summed E-state index contributed by atoms with van der Waals surface area (Å²) in [6.07, 6.45) is 0. The number of thiophene rings is 1. The summed E-state index contributed by atoms with van der Waals surface area (Å²) < 4.78 is 9.52. The predicted molar refractivity (Wildman–Crippen MR) is 80.3 cm³/mol. The maximum absolute atomic E-state index is 12.0. The zero-order valence-electron chi connectivity index (χ0n) is 12.8. The minimum absolute atomic E-state index is 0.147. The first-order valence-electron chi connectivity index (χ1n) is 6.52. The molecule has 0 aliphatic carbocycles. The SMILES string of the molecule is CCOC(=O)c1c(NC(=O)COC(C)=O)sc(C(C)=O)c1C. The highest BCUT2D eigenvalue weighted by Crippen LogP contribution is 2.34. The second-order valence-corrected chi connectivity index (χ2v) is 5.39. The van der Waals surface area contributed by atoms with Crippen LogP contribution in [0.15, 0.2) is 0 Å². The molecule has 0 radical (unpaired) electrons. The van der Waals surface area contributed by atoms with Gasteiger partial charge in [0.05, 0.1) is 17.0 Å². The minimum Gasteiger partial charge on any atom is -0.462 e. The van der Waals surface area contributed by atoms with E-state index in [2.05, 4.69) is 10.1 Å². The summed E-state index contributed by atoms with van der Waals surface area (Å²) in [7, 11) is 0. The number of anilines is 1. The summed E-state index contributed by atoms with van der Waals surface area (Å²) in [4.78, 5) is 46.4. The van der Waals surface area contributed by atoms with Gasteiger partial charge in [-0.3, -0.25) is 14.4 Å². The van der Waals surface area contributed by atoms with Crippen molar-refractivity contribution in [3.63, 3.8) is 0 Å². The molecule has 1 N–H and O–H groups in total. The van der Waals surface area contributed by atoms with Crippen LogP contribution in [0.4, 0.5) is 5.00 Å². The minimum atomic E-state index is -0.619. The lowest BCUT2D eigenvalue weighted by molar-refractivity contribution is -0.144. The third kappa shape index (κ3) is 4.39. The Labute approximate surface area is 131 Å². The van der Waals surface area contributed by atoms with Crippen LogP contribution in [0.5, 0.6) is 0 Å². The van der Waals surface area contributed by atoms with Gasteiger partial charge in [-0.1, -0.05) is 0 Å². The number of ether oxygens (including phenoxy) is 2. The van der Waals surface area contributed by atoms with E-state index in [1.165, 1.54) is 13.8 Å². The van der Waals surface area contributed by atoms with Crippen LogP contribution in [-0.4, -0.2) is 36.8 Å². The number of hydrogen-bond acceptors (Lipinski definition) is 7. The van der Waals surface area contributed by atoms with Gasteiger partial charge in [0.25, 0.3) is 5.91 Å². The zero-order chi connectivity index (χ0) is 16.9. The largest absolute Gasteiger partial charge is 0.462 e. The topological polar surface area (TPSA) is 98.8 Å². The molecule has 0 saturated carbocycles. The Kier molecular flexibility index (Phi) is 6.24. The van der Waals surface area contributed by atoms with Crippen LogP contribution in [0.1, 0.15) is 46.4 Å². The lowest BCUT2D eigenvalue weighted by atomic mass is 10.1. The van der Waals surface area contributed by atoms with Gasteiger partial charge in [0.2, 0.25) is 0 Å². The third-order valence-corrected chi connectivity index (χ3v) is 3.91. The number of Topliss-reactive ketones (excluding diaryl/α,β-unsaturated/α-hetero) is 1. The van der Waals surface area contributed by atoms with Crippen LogP contribution in [-0.2, 0) is 19.1 Å². The Balaban J connectivity index is 3.08. The van der Waals surface area contributed by atoms with Gasteiger partial charge in [0, 0.05) is 6.92 Å². The lowest BCUT2D eigenvalue weighted by Crippen LogP contribution is -2.20. The number of hydrogen-bond donors (Lipinski definition) is 1. The molecule has 0 aliphatic heterocycles. The Morgan fingerprint density at radius 2 is 1.77 bits per heavy atom. The first kappa shape index (κ1) is 17.8. The fraction of sp³-hybridized carbons (Fsp3) is 0.429. The average Bonchev–Trinajstić information content (AvgIpc) is 2.73. The molecule has 1 rings (SSSR count). The Morgan fingerprint density at radius 1 is 1.14 bits per heavy atom. The molecule has 0 bridgehead atoms. The van der Waals surface area contributed by atoms with Crippen LogP contribution < -0.4 is 5.32 Å². The molecule has 8 heteroatoms. The number of nitrogens with one attached hydrogen (secondary N) is 1. The Bertz CT molecular complexity index is 619. The monoisotopic (exact) mass is 327 g/mol. The number of ketones is 1. The average molecular weight is 327 g/mol. The summed E-state index contributed by atoms with van der Waals surface area (Å²) >= 11 is 0.988. The molecule has 1 heterocycles. The molecular formula is C14H17NO6S. The highest BCUT2D eigenvalue weighted by Gasteiger charge is 2.25. The van der Waals surface area contributed by atoms with E-state index in [1.54, 1.807) is 13.8 Å². The highest BCUT2D eigenvalue weighted by atomic mass is 32.1. The summed E-state index contributed by atoms with van der Waals surface area (Å²) in [5, 5.41) is 2.68. The molecule has 1 aromatic heterocycles. The first-order chi connectivity index (χ1) is 10.3. The van der Waals surface area contributed by atoms with E-state index >= 15 is 0 Å². The number of rotatable bonds is 6. The van der Waals surface area contributed by atoms with Gasteiger partial charge in [-0.05, 0) is 26.3 Å². The van der Waals surface area contributed by atoms with Crippen LogP contribution >= 0.6 is 11.3 Å². The predicted octanol–water partition coefficient (Wildman–Crippen LogP) is 1.94. The molecule has 0 saturated heterocycles. The molecule has 0 aromatic carbocycles. The molecule has 7 nitrogen and oxygen atoms in total. The molecular weight excluding hydrogens is 310 g/mol. The van der Waals surface area contributed by atoms with Crippen molar-refractivity contribution in [2.45, 2.75) is 27.7 Å². The molecule has 1 amide bonds. The van der Waals surface area contributed by atoms with Crippen molar-refractivity contribution in [3.05, 3.63) is 16.0 Å². The van der Waals surface area contributed by atoms with E-state index in [0.29, 0.717) is 10.4 Å². The highest BCUT2D eigenvalue weighted by molar-refractivity contribution is 7.18.